The van der Waals surface area contributed by atoms with Gasteiger partial charge in [0.25, 0.3) is 11.6 Å². The number of amides is 1. The van der Waals surface area contributed by atoms with Crippen LogP contribution in [-0.4, -0.2) is 43.9 Å². The van der Waals surface area contributed by atoms with Gasteiger partial charge in [-0.3, -0.25) is 19.7 Å². The number of pyridine rings is 1. The van der Waals surface area contributed by atoms with Gasteiger partial charge in [0.2, 0.25) is 0 Å². The summed E-state index contributed by atoms with van der Waals surface area (Å²) >= 11 is 5.80. The molecular weight excluding hydrogens is 302 g/mol. The highest BCUT2D eigenvalue weighted by molar-refractivity contribution is 6.32. The number of carboxylic acids is 1. The summed E-state index contributed by atoms with van der Waals surface area (Å²) in [5.41, 5.74) is -1.40. The molecule has 0 aromatic carbocycles. The van der Waals surface area contributed by atoms with Gasteiger partial charge in [0.1, 0.15) is 17.9 Å². The van der Waals surface area contributed by atoms with Gasteiger partial charge in [0, 0.05) is 11.6 Å². The summed E-state index contributed by atoms with van der Waals surface area (Å²) in [6.07, 6.45) is 0.928. The van der Waals surface area contributed by atoms with E-state index >= 15 is 0 Å². The third kappa shape index (κ3) is 4.12. The summed E-state index contributed by atoms with van der Waals surface area (Å²) in [7, 11) is 0. The molecule has 0 atom stereocenters. The van der Waals surface area contributed by atoms with Gasteiger partial charge in [-0.2, -0.15) is 0 Å². The third-order valence-electron chi connectivity index (χ3n) is 2.61. The Morgan fingerprint density at radius 1 is 1.48 bits per heavy atom. The third-order valence-corrected chi connectivity index (χ3v) is 2.92. The smallest absolute Gasteiger partial charge is 0.323 e. The Hall–Kier alpha value is -2.22. The summed E-state index contributed by atoms with van der Waals surface area (Å²) in [5.74, 6) is -1.93. The Labute approximate surface area is 125 Å². The number of carboxylic acid groups (broad SMARTS) is 1. The van der Waals surface area contributed by atoms with Crippen molar-refractivity contribution in [2.75, 3.05) is 6.54 Å². The van der Waals surface area contributed by atoms with Crippen molar-refractivity contribution in [1.82, 2.24) is 9.88 Å². The topological polar surface area (TPSA) is 114 Å². The van der Waals surface area contributed by atoms with Crippen molar-refractivity contribution in [3.63, 3.8) is 0 Å². The zero-order chi connectivity index (χ0) is 16.4. The summed E-state index contributed by atoms with van der Waals surface area (Å²) < 4.78 is 0. The van der Waals surface area contributed by atoms with Crippen molar-refractivity contribution in [2.45, 2.75) is 26.3 Å². The first-order chi connectivity index (χ1) is 9.54. The molecule has 0 unspecified atom stereocenters. The molecule has 0 aliphatic carbocycles. The maximum atomic E-state index is 12.4. The van der Waals surface area contributed by atoms with E-state index in [-0.39, 0.29) is 10.7 Å². The largest absolute Gasteiger partial charge is 0.480 e. The molecule has 0 radical (unpaired) electrons. The van der Waals surface area contributed by atoms with Crippen LogP contribution in [0.15, 0.2) is 12.3 Å². The van der Waals surface area contributed by atoms with E-state index in [4.69, 9.17) is 16.7 Å². The summed E-state index contributed by atoms with van der Waals surface area (Å²) in [6, 6.07) is 0.984. The first-order valence-corrected chi connectivity index (χ1v) is 6.25. The molecule has 1 amide bonds. The van der Waals surface area contributed by atoms with Crippen LogP contribution in [0.25, 0.3) is 0 Å². The van der Waals surface area contributed by atoms with E-state index in [1.807, 2.05) is 0 Å². The number of hydrogen-bond acceptors (Lipinski definition) is 5. The molecule has 0 aliphatic heterocycles. The van der Waals surface area contributed by atoms with Crippen molar-refractivity contribution in [3.05, 3.63) is 33.1 Å². The highest BCUT2D eigenvalue weighted by Crippen LogP contribution is 2.24. The van der Waals surface area contributed by atoms with Gasteiger partial charge in [0.15, 0.2) is 0 Å². The van der Waals surface area contributed by atoms with Gasteiger partial charge in [-0.05, 0) is 20.8 Å². The number of carbonyl (C=O) groups is 2. The molecule has 114 valence electrons. The minimum Gasteiger partial charge on any atom is -0.480 e. The Morgan fingerprint density at radius 2 is 2.05 bits per heavy atom. The quantitative estimate of drug-likeness (QED) is 0.516. The SMILES string of the molecule is CC(C)(C)N(CC(=O)O)C(=O)c1cc([N+](=O)[O-])cnc1Cl. The number of hydrogen-bond donors (Lipinski definition) is 1. The van der Waals surface area contributed by atoms with Crippen molar-refractivity contribution in [3.8, 4) is 0 Å². The molecule has 1 heterocycles. The minimum absolute atomic E-state index is 0.206. The van der Waals surface area contributed by atoms with E-state index in [2.05, 4.69) is 4.98 Å². The second-order valence-electron chi connectivity index (χ2n) is 5.24. The summed E-state index contributed by atoms with van der Waals surface area (Å²) in [6.45, 7) is 4.38. The van der Waals surface area contributed by atoms with Gasteiger partial charge >= 0.3 is 5.97 Å². The Balaban J connectivity index is 3.29. The second-order valence-corrected chi connectivity index (χ2v) is 5.60. The maximum absolute atomic E-state index is 12.4. The molecular formula is C12H14ClN3O5. The van der Waals surface area contributed by atoms with E-state index < -0.39 is 34.6 Å². The molecule has 1 N–H and O–H groups in total. The van der Waals surface area contributed by atoms with Crippen LogP contribution in [-0.2, 0) is 4.79 Å². The first kappa shape index (κ1) is 16.8. The maximum Gasteiger partial charge on any atom is 0.323 e. The van der Waals surface area contributed by atoms with Gasteiger partial charge < -0.3 is 10.0 Å². The number of rotatable bonds is 4. The van der Waals surface area contributed by atoms with Crippen molar-refractivity contribution < 1.29 is 19.6 Å². The fraction of sp³-hybridized carbons (Fsp3) is 0.417. The highest BCUT2D eigenvalue weighted by Gasteiger charge is 2.31. The molecule has 0 saturated carbocycles. The lowest BCUT2D eigenvalue weighted by molar-refractivity contribution is -0.385. The molecule has 0 fully saturated rings. The van der Waals surface area contributed by atoms with Gasteiger partial charge in [-0.15, -0.1) is 0 Å². The highest BCUT2D eigenvalue weighted by atomic mass is 35.5. The second kappa shape index (κ2) is 6.04. The normalized spacial score (nSPS) is 11.0. The number of carbonyl (C=O) groups excluding carboxylic acids is 1. The fourth-order valence-corrected chi connectivity index (χ4v) is 1.77. The number of nitro groups is 1. The van der Waals surface area contributed by atoms with Crippen LogP contribution in [0.2, 0.25) is 5.15 Å². The van der Waals surface area contributed by atoms with Crippen LogP contribution in [0.1, 0.15) is 31.1 Å². The molecule has 9 heteroatoms. The fourth-order valence-electron chi connectivity index (χ4n) is 1.58. The molecule has 21 heavy (non-hydrogen) atoms. The van der Waals surface area contributed by atoms with E-state index in [0.717, 1.165) is 17.2 Å². The Kier molecular flexibility index (Phi) is 4.84. The lowest BCUT2D eigenvalue weighted by atomic mass is 10.0. The van der Waals surface area contributed by atoms with Crippen molar-refractivity contribution in [1.29, 1.82) is 0 Å². The van der Waals surface area contributed by atoms with E-state index in [1.54, 1.807) is 20.8 Å². The van der Waals surface area contributed by atoms with Crippen LogP contribution in [0.4, 0.5) is 5.69 Å². The summed E-state index contributed by atoms with van der Waals surface area (Å²) in [5, 5.41) is 19.4. The minimum atomic E-state index is -1.20. The number of halogens is 1. The monoisotopic (exact) mass is 315 g/mol. The van der Waals surface area contributed by atoms with Gasteiger partial charge in [-0.1, -0.05) is 11.6 Å². The van der Waals surface area contributed by atoms with Crippen molar-refractivity contribution in [2.24, 2.45) is 0 Å². The van der Waals surface area contributed by atoms with Gasteiger partial charge in [0.05, 0.1) is 10.5 Å². The summed E-state index contributed by atoms with van der Waals surface area (Å²) in [4.78, 5) is 38.0. The molecule has 8 nitrogen and oxygen atoms in total. The Bertz CT molecular complexity index is 597. The van der Waals surface area contributed by atoms with E-state index in [1.165, 1.54) is 0 Å². The van der Waals surface area contributed by atoms with Crippen LogP contribution < -0.4 is 0 Å². The molecule has 1 aromatic rings. The lowest BCUT2D eigenvalue weighted by Gasteiger charge is -2.34. The van der Waals surface area contributed by atoms with E-state index in [9.17, 15) is 19.7 Å². The van der Waals surface area contributed by atoms with Crippen molar-refractivity contribution >= 4 is 29.2 Å². The Morgan fingerprint density at radius 3 is 2.48 bits per heavy atom. The predicted octanol–water partition coefficient (Wildman–Crippen LogP) is 1.97. The standard InChI is InChI=1S/C12H14ClN3O5/c1-12(2,3)15(6-9(17)18)11(19)8-4-7(16(20)21)5-14-10(8)13/h4-5H,6H2,1-3H3,(H,17,18). The molecule has 0 aliphatic rings. The number of nitrogens with zero attached hydrogens (tertiary/aromatic N) is 3. The average Bonchev–Trinajstić information content (AvgIpc) is 2.34. The molecule has 0 bridgehead atoms. The molecule has 0 spiro atoms. The molecule has 0 saturated heterocycles. The average molecular weight is 316 g/mol. The zero-order valence-corrected chi connectivity index (χ0v) is 12.4. The number of aromatic nitrogens is 1. The van der Waals surface area contributed by atoms with Crippen LogP contribution in [0, 0.1) is 10.1 Å². The number of aliphatic carboxylic acids is 1. The van der Waals surface area contributed by atoms with E-state index in [0.29, 0.717) is 0 Å². The van der Waals surface area contributed by atoms with Gasteiger partial charge in [-0.25, -0.2) is 4.98 Å². The predicted molar refractivity (Wildman–Crippen MR) is 74.3 cm³/mol. The van der Waals surface area contributed by atoms with Crippen LogP contribution in [0.5, 0.6) is 0 Å². The first-order valence-electron chi connectivity index (χ1n) is 5.87. The molecule has 1 rings (SSSR count). The zero-order valence-electron chi connectivity index (χ0n) is 11.7. The lowest BCUT2D eigenvalue weighted by Crippen LogP contribution is -2.48. The molecule has 1 aromatic heterocycles. The van der Waals surface area contributed by atoms with Crippen LogP contribution in [0.3, 0.4) is 0 Å². The van der Waals surface area contributed by atoms with Crippen LogP contribution >= 0.6 is 11.6 Å².